The normalized spacial score (nSPS) is 20.3. The summed E-state index contributed by atoms with van der Waals surface area (Å²) >= 11 is 0. The number of allylic oxidation sites excluding steroid dienone is 12. The number of nitrogens with two attached hydrogens (primary N) is 1. The lowest BCUT2D eigenvalue weighted by Crippen LogP contribution is -2.36. The first-order valence-corrected chi connectivity index (χ1v) is 27.7. The van der Waals surface area contributed by atoms with E-state index in [9.17, 15) is 48.6 Å². The number of hydrogen-bond acceptors (Lipinski definition) is 16. The van der Waals surface area contributed by atoms with E-state index in [0.717, 1.165) is 75.0 Å². The van der Waals surface area contributed by atoms with Gasteiger partial charge in [0.05, 0.1) is 19.3 Å². The van der Waals surface area contributed by atoms with Crippen LogP contribution in [0.1, 0.15) is 142 Å². The third-order valence-electron chi connectivity index (χ3n) is 10.6. The number of phosphoric acid groups is 2. The van der Waals surface area contributed by atoms with E-state index in [1.807, 2.05) is 12.2 Å². The number of phosphoric ester groups is 2. The number of esters is 2. The first-order valence-electron chi connectivity index (χ1n) is 24.7. The summed E-state index contributed by atoms with van der Waals surface area (Å²) in [4.78, 5) is 61.8. The highest BCUT2D eigenvalue weighted by Crippen LogP contribution is 2.60. The van der Waals surface area contributed by atoms with E-state index < -0.39 is 89.8 Å². The van der Waals surface area contributed by atoms with Gasteiger partial charge in [-0.25, -0.2) is 13.9 Å². The minimum atomic E-state index is -5.46. The van der Waals surface area contributed by atoms with Gasteiger partial charge in [0.1, 0.15) is 30.7 Å². The van der Waals surface area contributed by atoms with Crippen LogP contribution >= 0.6 is 15.6 Å². The van der Waals surface area contributed by atoms with Crippen molar-refractivity contribution >= 4 is 33.4 Å². The molecular formula is C50H79N3O16P2. The molecule has 21 heteroatoms. The smallest absolute Gasteiger partial charge is 0.462 e. The first kappa shape index (κ1) is 63.0. The predicted octanol–water partition coefficient (Wildman–Crippen LogP) is 8.86. The van der Waals surface area contributed by atoms with Gasteiger partial charge in [0, 0.05) is 19.0 Å². The summed E-state index contributed by atoms with van der Waals surface area (Å²) in [6.45, 7) is 1.82. The molecule has 0 bridgehead atoms. The summed E-state index contributed by atoms with van der Waals surface area (Å²) in [5.74, 6) is -1.51. The van der Waals surface area contributed by atoms with Crippen LogP contribution in [-0.4, -0.2) is 96.9 Å². The van der Waals surface area contributed by atoms with Crippen molar-refractivity contribution in [2.45, 2.75) is 173 Å². The summed E-state index contributed by atoms with van der Waals surface area (Å²) < 4.78 is 56.5. The van der Waals surface area contributed by atoms with Gasteiger partial charge in [-0.15, -0.1) is 0 Å². The number of aliphatic hydroxyl groups is 3. The van der Waals surface area contributed by atoms with Crippen LogP contribution in [0.2, 0.25) is 0 Å². The molecule has 0 radical (unpaired) electrons. The number of carbonyl (C=O) groups excluding carboxylic acids is 2. The Kier molecular flexibility index (Phi) is 33.4. The number of aromatic nitrogens is 2. The summed E-state index contributed by atoms with van der Waals surface area (Å²) in [6, 6.07) is 1.24. The summed E-state index contributed by atoms with van der Waals surface area (Å²) in [5, 5.41) is 31.2. The van der Waals surface area contributed by atoms with Crippen molar-refractivity contribution in [3.05, 3.63) is 108 Å². The van der Waals surface area contributed by atoms with E-state index in [2.05, 4.69) is 71.8 Å². The second kappa shape index (κ2) is 37.6. The molecule has 1 aromatic heterocycles. The predicted molar refractivity (Wildman–Crippen MR) is 271 cm³/mol. The second-order valence-electron chi connectivity index (χ2n) is 16.8. The Bertz CT molecular complexity index is 2040. The lowest BCUT2D eigenvalue weighted by molar-refractivity contribution is -0.161. The zero-order valence-electron chi connectivity index (χ0n) is 41.4. The average Bonchev–Trinajstić information content (AvgIpc) is 3.60. The Balaban J connectivity index is 1.87. The third kappa shape index (κ3) is 30.5. The van der Waals surface area contributed by atoms with Crippen LogP contribution in [0.25, 0.3) is 0 Å². The Morgan fingerprint density at radius 3 is 2.06 bits per heavy atom. The minimum absolute atomic E-state index is 0.00151. The molecular weight excluding hydrogens is 961 g/mol. The molecule has 0 aliphatic carbocycles. The molecule has 71 heavy (non-hydrogen) atoms. The van der Waals surface area contributed by atoms with Crippen LogP contribution in [0.4, 0.5) is 5.82 Å². The van der Waals surface area contributed by atoms with Crippen molar-refractivity contribution < 1.29 is 71.4 Å². The molecule has 1 aromatic rings. The molecule has 2 heterocycles. The fourth-order valence-electron chi connectivity index (χ4n) is 6.71. The number of aliphatic hydroxyl groups excluding tert-OH is 3. The molecule has 2 rings (SSSR count). The zero-order chi connectivity index (χ0) is 52.2. The molecule has 0 saturated carbocycles. The van der Waals surface area contributed by atoms with E-state index in [0.29, 0.717) is 12.8 Å². The molecule has 1 fully saturated rings. The molecule has 8 atom stereocenters. The standard InChI is InChI=1S/C50H79N3O16P2/c1-3-5-7-9-11-13-15-17-19-21-23-25-28-32-41(54)33-29-27-31-34-45(55)64-38-42(67-46(56)35-30-26-24-22-20-18-16-14-12-10-8-6-4-2)39-65-70(60,61)69-71(62,63)66-40-43-47(57)48(58)49(68-43)53-37-36-44(51)52-50(53)59/h5,7,11,13-14,16-17,19,23,25,27-29,32,36-37,41-43,47-49,54,57-58H,3-4,6,8-10,12,15,18,20-22,24,26,30-31,33-35,38-40H2,1-2H3,(H,60,61)(H,62,63)(H2,51,52,59)/b7-5-,13-11-,16-14-,19-17-,25-23-,29-27-,32-28-/t41?,42-,43-,47-,48-,49-/m1/s1. The SMILES string of the molecule is CC/C=C\C/C=C\C/C=C\C/C=C\C=C/C(O)C/C=C\CCC(=O)OC[C@H](COP(=O)(O)OP(=O)(O)OC[C@H]1O[C@@H](n2ccc(N)nc2=O)[C@H](O)[C@@H]1O)OC(=O)CCCCCCC/C=C\CCCCCC. The highest BCUT2D eigenvalue weighted by molar-refractivity contribution is 7.61. The van der Waals surface area contributed by atoms with Gasteiger partial charge in [0.2, 0.25) is 0 Å². The maximum Gasteiger partial charge on any atom is 0.481 e. The summed E-state index contributed by atoms with van der Waals surface area (Å²) in [5.41, 5.74) is 4.57. The largest absolute Gasteiger partial charge is 0.481 e. The maximum absolute atomic E-state index is 12.8. The quantitative estimate of drug-likeness (QED) is 0.0118. The van der Waals surface area contributed by atoms with Crippen molar-refractivity contribution in [2.24, 2.45) is 0 Å². The second-order valence-corrected chi connectivity index (χ2v) is 19.8. The zero-order valence-corrected chi connectivity index (χ0v) is 43.1. The summed E-state index contributed by atoms with van der Waals surface area (Å²) in [6.07, 6.45) is 35.6. The lowest BCUT2D eigenvalue weighted by atomic mass is 10.1. The van der Waals surface area contributed by atoms with Crippen LogP contribution in [-0.2, 0) is 46.3 Å². The van der Waals surface area contributed by atoms with Crippen molar-refractivity contribution in [1.29, 1.82) is 0 Å². The molecule has 19 nitrogen and oxygen atoms in total. The van der Waals surface area contributed by atoms with Gasteiger partial charge in [-0.2, -0.15) is 9.29 Å². The summed E-state index contributed by atoms with van der Waals surface area (Å²) in [7, 11) is -10.9. The molecule has 0 amide bonds. The highest BCUT2D eigenvalue weighted by atomic mass is 31.3. The van der Waals surface area contributed by atoms with Crippen molar-refractivity contribution in [1.82, 2.24) is 9.55 Å². The number of hydrogen-bond donors (Lipinski definition) is 6. The fourth-order valence-corrected chi connectivity index (χ4v) is 8.82. The lowest BCUT2D eigenvalue weighted by Gasteiger charge is -2.21. The Hall–Kier alpha value is -4.10. The van der Waals surface area contributed by atoms with Gasteiger partial charge in [-0.1, -0.05) is 137 Å². The average molecular weight is 1040 g/mol. The number of rotatable bonds is 39. The van der Waals surface area contributed by atoms with Gasteiger partial charge >= 0.3 is 33.3 Å². The van der Waals surface area contributed by atoms with Gasteiger partial charge in [0.25, 0.3) is 0 Å². The molecule has 1 aliphatic rings. The Labute approximate surface area is 419 Å². The molecule has 7 N–H and O–H groups in total. The molecule has 400 valence electrons. The number of unbranched alkanes of at least 4 members (excludes halogenated alkanes) is 9. The fraction of sp³-hybridized carbons (Fsp3) is 0.600. The molecule has 1 saturated heterocycles. The van der Waals surface area contributed by atoms with Crippen molar-refractivity contribution in [2.75, 3.05) is 25.6 Å². The van der Waals surface area contributed by atoms with Crippen molar-refractivity contribution in [3.8, 4) is 0 Å². The molecule has 0 spiro atoms. The van der Waals surface area contributed by atoms with E-state index >= 15 is 0 Å². The first-order chi connectivity index (χ1) is 34.1. The van der Waals surface area contributed by atoms with Crippen LogP contribution in [0.5, 0.6) is 0 Å². The molecule has 1 aliphatic heterocycles. The third-order valence-corrected chi connectivity index (χ3v) is 13.2. The van der Waals surface area contributed by atoms with Crippen molar-refractivity contribution in [3.63, 3.8) is 0 Å². The number of ether oxygens (including phenoxy) is 3. The van der Waals surface area contributed by atoms with E-state index in [4.69, 9.17) is 29.0 Å². The van der Waals surface area contributed by atoms with Gasteiger partial charge in [0.15, 0.2) is 12.3 Å². The molecule has 3 unspecified atom stereocenters. The van der Waals surface area contributed by atoms with Crippen LogP contribution < -0.4 is 11.4 Å². The van der Waals surface area contributed by atoms with Crippen LogP contribution in [0.15, 0.2) is 102 Å². The number of nitrogen functional groups attached to an aromatic ring is 1. The van der Waals surface area contributed by atoms with E-state index in [1.54, 1.807) is 24.3 Å². The van der Waals surface area contributed by atoms with Gasteiger partial charge in [-0.3, -0.25) is 23.2 Å². The maximum atomic E-state index is 12.8. The highest BCUT2D eigenvalue weighted by Gasteiger charge is 2.46. The van der Waals surface area contributed by atoms with Gasteiger partial charge in [-0.05, 0) is 76.7 Å². The number of nitrogens with zero attached hydrogens (tertiary/aromatic N) is 2. The van der Waals surface area contributed by atoms with E-state index in [-0.39, 0.29) is 25.1 Å². The Morgan fingerprint density at radius 2 is 1.38 bits per heavy atom. The topological polar surface area (TPSA) is 286 Å². The minimum Gasteiger partial charge on any atom is -0.462 e. The monoisotopic (exact) mass is 1040 g/mol. The Morgan fingerprint density at radius 1 is 0.761 bits per heavy atom. The number of carbonyl (C=O) groups is 2. The van der Waals surface area contributed by atoms with Gasteiger partial charge < -0.3 is 45.1 Å². The number of anilines is 1. The molecule has 0 aromatic carbocycles. The van der Waals surface area contributed by atoms with E-state index in [1.165, 1.54) is 31.7 Å². The van der Waals surface area contributed by atoms with Crippen LogP contribution in [0.3, 0.4) is 0 Å². The van der Waals surface area contributed by atoms with Crippen LogP contribution in [0, 0.1) is 0 Å².